The Kier molecular flexibility index (Phi) is 4.21. The minimum atomic E-state index is -0.0433. The molecule has 1 aromatic rings. The molecule has 0 radical (unpaired) electrons. The van der Waals surface area contributed by atoms with Gasteiger partial charge < -0.3 is 10.8 Å². The van der Waals surface area contributed by atoms with Gasteiger partial charge in [-0.25, -0.2) is 0 Å². The summed E-state index contributed by atoms with van der Waals surface area (Å²) in [7, 11) is 0. The fourth-order valence-corrected chi connectivity index (χ4v) is 2.00. The van der Waals surface area contributed by atoms with Gasteiger partial charge in [0.2, 0.25) is 0 Å². The number of benzene rings is 1. The molecular weight excluding hydrogens is 210 g/mol. The summed E-state index contributed by atoms with van der Waals surface area (Å²) in [5.41, 5.74) is 8.94. The molecule has 0 heterocycles. The second-order valence-electron chi connectivity index (χ2n) is 5.82. The van der Waals surface area contributed by atoms with Gasteiger partial charge in [-0.05, 0) is 41.0 Å². The first-order valence-electron chi connectivity index (χ1n) is 6.37. The Bertz CT molecular complexity index is 391. The van der Waals surface area contributed by atoms with Gasteiger partial charge in [0.15, 0.2) is 0 Å². The first kappa shape index (κ1) is 14.0. The molecule has 2 heteroatoms. The average molecular weight is 235 g/mol. The van der Waals surface area contributed by atoms with Crippen molar-refractivity contribution in [2.75, 3.05) is 6.54 Å². The van der Waals surface area contributed by atoms with Crippen LogP contribution in [0.1, 0.15) is 57.2 Å². The zero-order chi connectivity index (χ0) is 13.2. The molecule has 0 bridgehead atoms. The van der Waals surface area contributed by atoms with Gasteiger partial charge in [-0.15, -0.1) is 0 Å². The van der Waals surface area contributed by atoms with Gasteiger partial charge in [-0.3, -0.25) is 0 Å². The largest absolute Gasteiger partial charge is 0.507 e. The van der Waals surface area contributed by atoms with Crippen molar-refractivity contribution in [2.45, 2.75) is 52.4 Å². The van der Waals surface area contributed by atoms with Crippen molar-refractivity contribution in [3.8, 4) is 5.75 Å². The van der Waals surface area contributed by atoms with Crippen LogP contribution in [0.4, 0.5) is 0 Å². The van der Waals surface area contributed by atoms with Crippen LogP contribution in [-0.2, 0) is 11.8 Å². The summed E-state index contributed by atoms with van der Waals surface area (Å²) in [6.07, 6.45) is 0.980. The Morgan fingerprint density at radius 1 is 1.29 bits per heavy atom. The van der Waals surface area contributed by atoms with E-state index in [0.717, 1.165) is 17.5 Å². The van der Waals surface area contributed by atoms with Gasteiger partial charge in [0.25, 0.3) is 0 Å². The van der Waals surface area contributed by atoms with Gasteiger partial charge in [0.05, 0.1) is 0 Å². The fourth-order valence-electron chi connectivity index (χ4n) is 2.00. The van der Waals surface area contributed by atoms with E-state index in [9.17, 15) is 5.11 Å². The average Bonchev–Trinajstić information content (AvgIpc) is 2.26. The normalized spacial score (nSPS) is 13.8. The Hall–Kier alpha value is -1.02. The molecule has 0 saturated carbocycles. The van der Waals surface area contributed by atoms with Crippen LogP contribution in [0, 0.1) is 0 Å². The fraction of sp³-hybridized carbons (Fsp3) is 0.600. The van der Waals surface area contributed by atoms with Crippen LogP contribution in [0.15, 0.2) is 12.1 Å². The summed E-state index contributed by atoms with van der Waals surface area (Å²) in [6.45, 7) is 11.1. The zero-order valence-electron chi connectivity index (χ0n) is 11.7. The van der Waals surface area contributed by atoms with Crippen molar-refractivity contribution < 1.29 is 5.11 Å². The summed E-state index contributed by atoms with van der Waals surface area (Å²) in [5.74, 6) is 0.621. The first-order chi connectivity index (χ1) is 7.81. The van der Waals surface area contributed by atoms with Crippen LogP contribution in [0.5, 0.6) is 5.75 Å². The lowest BCUT2D eigenvalue weighted by atomic mass is 9.82. The van der Waals surface area contributed by atoms with Crippen LogP contribution in [-0.4, -0.2) is 11.7 Å². The highest BCUT2D eigenvalue weighted by Gasteiger charge is 2.22. The van der Waals surface area contributed by atoms with Crippen molar-refractivity contribution in [3.05, 3.63) is 28.8 Å². The molecule has 0 aliphatic heterocycles. The summed E-state index contributed by atoms with van der Waals surface area (Å²) >= 11 is 0. The molecule has 0 saturated heterocycles. The SMILES string of the molecule is CCc1cc(C(C)CN)c(O)c(C(C)(C)C)c1. The van der Waals surface area contributed by atoms with E-state index >= 15 is 0 Å². The molecule has 1 unspecified atom stereocenters. The molecule has 0 amide bonds. The molecule has 1 rings (SSSR count). The second-order valence-corrected chi connectivity index (χ2v) is 5.82. The number of phenolic OH excluding ortho intramolecular Hbond substituents is 1. The van der Waals surface area contributed by atoms with Gasteiger partial charge >= 0.3 is 0 Å². The molecule has 1 aromatic carbocycles. The Labute approximate surface area is 105 Å². The molecule has 96 valence electrons. The minimum absolute atomic E-state index is 0.0433. The van der Waals surface area contributed by atoms with Crippen LogP contribution in [0.2, 0.25) is 0 Å². The molecule has 3 N–H and O–H groups in total. The molecule has 2 nitrogen and oxygen atoms in total. The maximum Gasteiger partial charge on any atom is 0.122 e. The standard InChI is InChI=1S/C15H25NO/c1-6-11-7-12(10(2)9-16)14(17)13(8-11)15(3,4)5/h7-8,10,17H,6,9,16H2,1-5H3. The predicted molar refractivity (Wildman–Crippen MR) is 73.7 cm³/mol. The van der Waals surface area contributed by atoms with Crippen LogP contribution in [0.3, 0.4) is 0 Å². The Morgan fingerprint density at radius 2 is 1.88 bits per heavy atom. The summed E-state index contributed by atoms with van der Waals surface area (Å²) in [4.78, 5) is 0. The van der Waals surface area contributed by atoms with E-state index in [4.69, 9.17) is 5.73 Å². The van der Waals surface area contributed by atoms with E-state index in [-0.39, 0.29) is 11.3 Å². The van der Waals surface area contributed by atoms with Gasteiger partial charge in [0.1, 0.15) is 5.75 Å². The van der Waals surface area contributed by atoms with Crippen molar-refractivity contribution >= 4 is 0 Å². The highest BCUT2D eigenvalue weighted by Crippen LogP contribution is 2.37. The zero-order valence-corrected chi connectivity index (χ0v) is 11.7. The lowest BCUT2D eigenvalue weighted by Gasteiger charge is -2.24. The molecule has 0 aliphatic carbocycles. The Morgan fingerprint density at radius 3 is 2.29 bits per heavy atom. The lowest BCUT2D eigenvalue weighted by molar-refractivity contribution is 0.436. The molecule has 0 fully saturated rings. The number of aryl methyl sites for hydroxylation is 1. The van der Waals surface area contributed by atoms with E-state index in [2.05, 4.69) is 46.8 Å². The summed E-state index contributed by atoms with van der Waals surface area (Å²) in [5, 5.41) is 10.4. The second kappa shape index (κ2) is 5.09. The van der Waals surface area contributed by atoms with Crippen LogP contribution in [0.25, 0.3) is 0 Å². The molecular formula is C15H25NO. The van der Waals surface area contributed by atoms with E-state index in [1.807, 2.05) is 0 Å². The first-order valence-corrected chi connectivity index (χ1v) is 6.37. The summed E-state index contributed by atoms with van der Waals surface area (Å²) < 4.78 is 0. The van der Waals surface area contributed by atoms with Crippen molar-refractivity contribution in [1.82, 2.24) is 0 Å². The maximum absolute atomic E-state index is 10.4. The van der Waals surface area contributed by atoms with Gasteiger partial charge in [0, 0.05) is 0 Å². The Balaban J connectivity index is 3.41. The van der Waals surface area contributed by atoms with Crippen LogP contribution >= 0.6 is 0 Å². The monoisotopic (exact) mass is 235 g/mol. The third-order valence-electron chi connectivity index (χ3n) is 3.30. The third-order valence-corrected chi connectivity index (χ3v) is 3.30. The third kappa shape index (κ3) is 3.01. The quantitative estimate of drug-likeness (QED) is 0.844. The number of phenols is 1. The van der Waals surface area contributed by atoms with E-state index < -0.39 is 0 Å². The number of rotatable bonds is 3. The number of aromatic hydroxyl groups is 1. The molecule has 0 aliphatic rings. The number of hydrogen-bond acceptors (Lipinski definition) is 2. The van der Waals surface area contributed by atoms with Gasteiger partial charge in [-0.2, -0.15) is 0 Å². The van der Waals surface area contributed by atoms with Crippen LogP contribution < -0.4 is 5.73 Å². The maximum atomic E-state index is 10.4. The number of hydrogen-bond donors (Lipinski definition) is 2. The van der Waals surface area contributed by atoms with E-state index in [1.165, 1.54) is 5.56 Å². The lowest BCUT2D eigenvalue weighted by Crippen LogP contribution is -2.15. The molecule has 0 spiro atoms. The summed E-state index contributed by atoms with van der Waals surface area (Å²) in [6, 6.07) is 4.20. The highest BCUT2D eigenvalue weighted by atomic mass is 16.3. The smallest absolute Gasteiger partial charge is 0.122 e. The molecule has 1 atom stereocenters. The minimum Gasteiger partial charge on any atom is -0.507 e. The molecule has 0 aromatic heterocycles. The van der Waals surface area contributed by atoms with Crippen molar-refractivity contribution in [1.29, 1.82) is 0 Å². The van der Waals surface area contributed by atoms with Crippen molar-refractivity contribution in [3.63, 3.8) is 0 Å². The van der Waals surface area contributed by atoms with E-state index in [1.54, 1.807) is 0 Å². The predicted octanol–water partition coefficient (Wildman–Crippen LogP) is 3.31. The van der Waals surface area contributed by atoms with Crippen molar-refractivity contribution in [2.24, 2.45) is 5.73 Å². The topological polar surface area (TPSA) is 46.2 Å². The molecule has 17 heavy (non-hydrogen) atoms. The van der Waals surface area contributed by atoms with Gasteiger partial charge in [-0.1, -0.05) is 46.8 Å². The van der Waals surface area contributed by atoms with E-state index in [0.29, 0.717) is 12.3 Å². The highest BCUT2D eigenvalue weighted by molar-refractivity contribution is 5.48. The number of nitrogens with two attached hydrogens (primary N) is 1.